The van der Waals surface area contributed by atoms with Gasteiger partial charge in [-0.15, -0.1) is 5.10 Å². The third-order valence-electron chi connectivity index (χ3n) is 4.65. The van der Waals surface area contributed by atoms with Crippen LogP contribution in [0.4, 0.5) is 0 Å². The minimum atomic E-state index is -0.460. The van der Waals surface area contributed by atoms with E-state index in [2.05, 4.69) is 54.4 Å². The predicted octanol–water partition coefficient (Wildman–Crippen LogP) is 4.09. The second kappa shape index (κ2) is 6.69. The van der Waals surface area contributed by atoms with Gasteiger partial charge in [-0.25, -0.2) is 0 Å². The summed E-state index contributed by atoms with van der Waals surface area (Å²) < 4.78 is 11.2. The summed E-state index contributed by atoms with van der Waals surface area (Å²) in [7, 11) is 0. The number of hydrogen-bond acceptors (Lipinski definition) is 5. The van der Waals surface area contributed by atoms with Crippen molar-refractivity contribution >= 4 is 0 Å². The van der Waals surface area contributed by atoms with Crippen LogP contribution in [0.25, 0.3) is 11.3 Å². The van der Waals surface area contributed by atoms with Gasteiger partial charge in [0.25, 0.3) is 0 Å². The second-order valence-corrected chi connectivity index (χ2v) is 7.05. The first kappa shape index (κ1) is 17.0. The summed E-state index contributed by atoms with van der Waals surface area (Å²) >= 11 is 0. The van der Waals surface area contributed by atoms with Crippen LogP contribution < -0.4 is 10.5 Å². The zero-order valence-electron chi connectivity index (χ0n) is 15.2. The van der Waals surface area contributed by atoms with Crippen LogP contribution in [-0.2, 0) is 6.42 Å². The summed E-state index contributed by atoms with van der Waals surface area (Å²) in [5.74, 6) is 1.18. The normalized spacial score (nSPS) is 16.1. The quantitative estimate of drug-likeness (QED) is 0.730. The van der Waals surface area contributed by atoms with Crippen LogP contribution in [0.3, 0.4) is 0 Å². The third-order valence-corrected chi connectivity index (χ3v) is 4.65. The maximum Gasteiger partial charge on any atom is 0.244 e. The largest absolute Gasteiger partial charge is 0.468 e. The van der Waals surface area contributed by atoms with Gasteiger partial charge in [0, 0.05) is 5.56 Å². The fourth-order valence-corrected chi connectivity index (χ4v) is 3.48. The first-order valence-electron chi connectivity index (χ1n) is 8.87. The van der Waals surface area contributed by atoms with Gasteiger partial charge in [0.15, 0.2) is 0 Å². The Hall–Kier alpha value is -3.46. The fraction of sp³-hybridized carbons (Fsp3) is 0.238. The van der Waals surface area contributed by atoms with E-state index >= 15 is 0 Å². The molecule has 3 heterocycles. The molecule has 27 heavy (non-hydrogen) atoms. The van der Waals surface area contributed by atoms with Gasteiger partial charge >= 0.3 is 0 Å². The molecule has 0 spiro atoms. The molecule has 1 aromatic carbocycles. The smallest absolute Gasteiger partial charge is 0.244 e. The zero-order valence-corrected chi connectivity index (χ0v) is 15.2. The highest BCUT2D eigenvalue weighted by molar-refractivity contribution is 5.70. The molecule has 136 valence electrons. The number of furan rings is 1. The van der Waals surface area contributed by atoms with E-state index in [0.29, 0.717) is 23.1 Å². The molecule has 0 saturated heterocycles. The van der Waals surface area contributed by atoms with E-state index in [4.69, 9.17) is 14.9 Å². The molecule has 1 aliphatic heterocycles. The summed E-state index contributed by atoms with van der Waals surface area (Å²) in [5.41, 5.74) is 10.1. The second-order valence-electron chi connectivity index (χ2n) is 7.05. The molecule has 0 aliphatic carbocycles. The zero-order chi connectivity index (χ0) is 19.0. The summed E-state index contributed by atoms with van der Waals surface area (Å²) in [6.07, 6.45) is 2.60. The summed E-state index contributed by atoms with van der Waals surface area (Å²) in [6.45, 7) is 4.40. The monoisotopic (exact) mass is 360 g/mol. The van der Waals surface area contributed by atoms with Crippen LogP contribution in [0.1, 0.15) is 36.7 Å². The molecule has 1 atom stereocenters. The van der Waals surface area contributed by atoms with Gasteiger partial charge in [0.1, 0.15) is 17.4 Å². The predicted molar refractivity (Wildman–Crippen MR) is 101 cm³/mol. The number of aromatic amines is 1. The average Bonchev–Trinajstić information content (AvgIpc) is 3.30. The Morgan fingerprint density at radius 3 is 2.67 bits per heavy atom. The Kier molecular flexibility index (Phi) is 4.21. The lowest BCUT2D eigenvalue weighted by atomic mass is 9.86. The number of nitrogens with one attached hydrogen (secondary N) is 1. The highest BCUT2D eigenvalue weighted by Gasteiger charge is 2.37. The summed E-state index contributed by atoms with van der Waals surface area (Å²) in [6, 6.07) is 14.1. The summed E-state index contributed by atoms with van der Waals surface area (Å²) in [5, 5.41) is 16.9. The number of H-pyrrole nitrogens is 1. The van der Waals surface area contributed by atoms with Crippen molar-refractivity contribution in [1.29, 1.82) is 5.26 Å². The molecule has 0 radical (unpaired) electrons. The van der Waals surface area contributed by atoms with Gasteiger partial charge in [-0.05, 0) is 30.0 Å². The van der Waals surface area contributed by atoms with Crippen molar-refractivity contribution in [3.8, 4) is 23.2 Å². The number of hydrogen-bond donors (Lipinski definition) is 2. The minimum Gasteiger partial charge on any atom is -0.468 e. The highest BCUT2D eigenvalue weighted by atomic mass is 16.5. The molecule has 6 nitrogen and oxygen atoms in total. The Morgan fingerprint density at radius 2 is 2.04 bits per heavy atom. The molecule has 0 bridgehead atoms. The fourth-order valence-electron chi connectivity index (χ4n) is 3.48. The number of nitrogens with two attached hydrogens (primary N) is 1. The van der Waals surface area contributed by atoms with Crippen LogP contribution in [0.2, 0.25) is 0 Å². The van der Waals surface area contributed by atoms with Gasteiger partial charge in [-0.2, -0.15) is 5.26 Å². The van der Waals surface area contributed by atoms with E-state index in [1.54, 1.807) is 12.3 Å². The molecule has 0 amide bonds. The number of rotatable bonds is 4. The van der Waals surface area contributed by atoms with Gasteiger partial charge in [0.2, 0.25) is 11.8 Å². The summed E-state index contributed by atoms with van der Waals surface area (Å²) in [4.78, 5) is 0. The number of aromatic nitrogens is 2. The Morgan fingerprint density at radius 1 is 1.26 bits per heavy atom. The number of nitrogens with zero attached hydrogens (tertiary/aromatic N) is 2. The number of fused-ring (bicyclic) bond motifs is 1. The van der Waals surface area contributed by atoms with Gasteiger partial charge < -0.3 is 14.9 Å². The van der Waals surface area contributed by atoms with Crippen LogP contribution in [-0.4, -0.2) is 10.2 Å². The highest BCUT2D eigenvalue weighted by Crippen LogP contribution is 2.45. The topological polar surface area (TPSA) is 101 Å². The van der Waals surface area contributed by atoms with Crippen LogP contribution >= 0.6 is 0 Å². The van der Waals surface area contributed by atoms with E-state index in [1.165, 1.54) is 5.56 Å². The standard InChI is InChI=1S/C21H20N4O2/c1-12(2)10-13-5-7-14(8-6-13)19-18-17(16-4-3-9-26-16)15(11-22)20(23)27-21(18)25-24-19/h3-9,12,17H,10,23H2,1-2H3,(H,24,25)/t17-/m1/s1. The van der Waals surface area contributed by atoms with Crippen molar-refractivity contribution in [3.63, 3.8) is 0 Å². The maximum atomic E-state index is 9.64. The van der Waals surface area contributed by atoms with Crippen LogP contribution in [0.15, 0.2) is 58.5 Å². The minimum absolute atomic E-state index is 0.0525. The molecule has 3 N–H and O–H groups in total. The van der Waals surface area contributed by atoms with Crippen molar-refractivity contribution in [3.05, 3.63) is 71.0 Å². The van der Waals surface area contributed by atoms with Gasteiger partial charge in [0.05, 0.1) is 23.4 Å². The van der Waals surface area contributed by atoms with Gasteiger partial charge in [-0.1, -0.05) is 38.1 Å². The number of nitriles is 1. The van der Waals surface area contributed by atoms with E-state index in [0.717, 1.165) is 23.2 Å². The van der Waals surface area contributed by atoms with E-state index < -0.39 is 5.92 Å². The van der Waals surface area contributed by atoms with E-state index in [1.807, 2.05) is 6.07 Å². The van der Waals surface area contributed by atoms with Crippen LogP contribution in [0, 0.1) is 17.2 Å². The lowest BCUT2D eigenvalue weighted by Gasteiger charge is -2.22. The number of allylic oxidation sites excluding steroid dienone is 1. The third kappa shape index (κ3) is 2.97. The molecule has 6 heteroatoms. The molecule has 3 aromatic rings. The number of benzene rings is 1. The Labute approximate surface area is 157 Å². The molecule has 4 rings (SSSR count). The van der Waals surface area contributed by atoms with Crippen molar-refractivity contribution in [1.82, 2.24) is 10.2 Å². The van der Waals surface area contributed by atoms with Crippen molar-refractivity contribution in [2.24, 2.45) is 11.7 Å². The SMILES string of the molecule is CC(C)Cc1ccc(-c2[nH]nc3c2[C@@H](c2ccco2)C(C#N)=C(N)O3)cc1. The van der Waals surface area contributed by atoms with Crippen LogP contribution in [0.5, 0.6) is 5.88 Å². The molecule has 1 aliphatic rings. The Bertz CT molecular complexity index is 1020. The molecule has 0 unspecified atom stereocenters. The first-order chi connectivity index (χ1) is 13.1. The molecule has 2 aromatic heterocycles. The van der Waals surface area contributed by atoms with Crippen molar-refractivity contribution < 1.29 is 9.15 Å². The lowest BCUT2D eigenvalue weighted by Crippen LogP contribution is -2.20. The lowest BCUT2D eigenvalue weighted by molar-refractivity contribution is 0.371. The first-order valence-corrected chi connectivity index (χ1v) is 8.87. The van der Waals surface area contributed by atoms with Gasteiger partial charge in [-0.3, -0.25) is 5.10 Å². The molecular formula is C21H20N4O2. The molecule has 0 saturated carbocycles. The Balaban J connectivity index is 1.81. The number of ether oxygens (including phenoxy) is 1. The molecular weight excluding hydrogens is 340 g/mol. The molecule has 0 fully saturated rings. The maximum absolute atomic E-state index is 9.64. The van der Waals surface area contributed by atoms with Crippen molar-refractivity contribution in [2.75, 3.05) is 0 Å². The van der Waals surface area contributed by atoms with Crippen molar-refractivity contribution in [2.45, 2.75) is 26.2 Å². The average molecular weight is 360 g/mol. The van der Waals surface area contributed by atoms with E-state index in [9.17, 15) is 5.26 Å². The van der Waals surface area contributed by atoms with E-state index in [-0.39, 0.29) is 5.88 Å².